The Bertz CT molecular complexity index is 488. The van der Waals surface area contributed by atoms with Crippen LogP contribution in [0.3, 0.4) is 0 Å². The molecule has 5 nitrogen and oxygen atoms in total. The SMILES string of the molecule is CCNC(=O)CCNC(=O)C1NCCc2ccccc21. The second-order valence-electron chi connectivity index (χ2n) is 4.83. The second-order valence-corrected chi connectivity index (χ2v) is 4.83. The van der Waals surface area contributed by atoms with Gasteiger partial charge in [0.1, 0.15) is 6.04 Å². The summed E-state index contributed by atoms with van der Waals surface area (Å²) in [5.41, 5.74) is 2.25. The fraction of sp³-hybridized carbons (Fsp3) is 0.467. The fourth-order valence-corrected chi connectivity index (χ4v) is 2.43. The van der Waals surface area contributed by atoms with Gasteiger partial charge in [0.15, 0.2) is 0 Å². The molecule has 0 bridgehead atoms. The highest BCUT2D eigenvalue weighted by Crippen LogP contribution is 2.22. The van der Waals surface area contributed by atoms with Crippen LogP contribution in [0.4, 0.5) is 0 Å². The minimum Gasteiger partial charge on any atom is -0.356 e. The number of fused-ring (bicyclic) bond motifs is 1. The largest absolute Gasteiger partial charge is 0.356 e. The Morgan fingerprint density at radius 3 is 2.90 bits per heavy atom. The van der Waals surface area contributed by atoms with E-state index in [0.29, 0.717) is 19.5 Å². The van der Waals surface area contributed by atoms with Crippen molar-refractivity contribution >= 4 is 11.8 Å². The number of rotatable bonds is 5. The Morgan fingerprint density at radius 1 is 1.30 bits per heavy atom. The van der Waals surface area contributed by atoms with Gasteiger partial charge in [0.25, 0.3) is 0 Å². The zero-order chi connectivity index (χ0) is 14.4. The summed E-state index contributed by atoms with van der Waals surface area (Å²) >= 11 is 0. The van der Waals surface area contributed by atoms with Gasteiger partial charge in [0.05, 0.1) is 0 Å². The van der Waals surface area contributed by atoms with Crippen molar-refractivity contribution in [3.8, 4) is 0 Å². The summed E-state index contributed by atoms with van der Waals surface area (Å²) in [5, 5.41) is 8.75. The summed E-state index contributed by atoms with van der Waals surface area (Å²) in [6, 6.07) is 7.67. The molecule has 0 aliphatic carbocycles. The molecule has 1 aromatic rings. The van der Waals surface area contributed by atoms with Crippen LogP contribution in [0.15, 0.2) is 24.3 Å². The molecule has 1 aliphatic heterocycles. The summed E-state index contributed by atoms with van der Waals surface area (Å²) in [6.45, 7) is 3.65. The lowest BCUT2D eigenvalue weighted by Crippen LogP contribution is -2.42. The average molecular weight is 275 g/mol. The first-order valence-electron chi connectivity index (χ1n) is 7.08. The third kappa shape index (κ3) is 3.57. The first kappa shape index (κ1) is 14.5. The van der Waals surface area contributed by atoms with Crippen molar-refractivity contribution in [1.29, 1.82) is 0 Å². The smallest absolute Gasteiger partial charge is 0.241 e. The lowest BCUT2D eigenvalue weighted by Gasteiger charge is -2.26. The van der Waals surface area contributed by atoms with Crippen molar-refractivity contribution in [1.82, 2.24) is 16.0 Å². The molecule has 3 N–H and O–H groups in total. The van der Waals surface area contributed by atoms with Crippen molar-refractivity contribution in [3.05, 3.63) is 35.4 Å². The highest BCUT2D eigenvalue weighted by atomic mass is 16.2. The van der Waals surface area contributed by atoms with Crippen molar-refractivity contribution in [2.24, 2.45) is 0 Å². The lowest BCUT2D eigenvalue weighted by molar-refractivity contribution is -0.124. The molecule has 108 valence electrons. The van der Waals surface area contributed by atoms with Crippen molar-refractivity contribution in [3.63, 3.8) is 0 Å². The van der Waals surface area contributed by atoms with Crippen LogP contribution in [0.5, 0.6) is 0 Å². The Kier molecular flexibility index (Phi) is 5.12. The van der Waals surface area contributed by atoms with E-state index in [9.17, 15) is 9.59 Å². The van der Waals surface area contributed by atoms with Gasteiger partial charge in [0.2, 0.25) is 11.8 Å². The molecular formula is C15H21N3O2. The Labute approximate surface area is 119 Å². The van der Waals surface area contributed by atoms with Gasteiger partial charge < -0.3 is 16.0 Å². The topological polar surface area (TPSA) is 70.2 Å². The molecule has 2 amide bonds. The van der Waals surface area contributed by atoms with Crippen LogP contribution in [0, 0.1) is 0 Å². The predicted molar refractivity (Wildman–Crippen MR) is 77.2 cm³/mol. The van der Waals surface area contributed by atoms with Crippen molar-refractivity contribution in [2.75, 3.05) is 19.6 Å². The maximum Gasteiger partial charge on any atom is 0.241 e. The van der Waals surface area contributed by atoms with Crippen LogP contribution in [-0.2, 0) is 16.0 Å². The third-order valence-electron chi connectivity index (χ3n) is 3.40. The normalized spacial score (nSPS) is 17.1. The van der Waals surface area contributed by atoms with Gasteiger partial charge in [-0.1, -0.05) is 24.3 Å². The van der Waals surface area contributed by atoms with Gasteiger partial charge in [-0.3, -0.25) is 9.59 Å². The molecule has 20 heavy (non-hydrogen) atoms. The molecule has 0 saturated heterocycles. The molecule has 1 aliphatic rings. The first-order valence-corrected chi connectivity index (χ1v) is 7.08. The van der Waals surface area contributed by atoms with Gasteiger partial charge in [-0.15, -0.1) is 0 Å². The number of hydrogen-bond acceptors (Lipinski definition) is 3. The number of carbonyl (C=O) groups excluding carboxylic acids is 2. The Balaban J connectivity index is 1.89. The monoisotopic (exact) mass is 275 g/mol. The molecule has 5 heteroatoms. The van der Waals surface area contributed by atoms with Gasteiger partial charge in [-0.2, -0.15) is 0 Å². The highest BCUT2D eigenvalue weighted by molar-refractivity contribution is 5.84. The lowest BCUT2D eigenvalue weighted by atomic mass is 9.94. The molecule has 0 radical (unpaired) electrons. The number of amides is 2. The van der Waals surface area contributed by atoms with Crippen LogP contribution >= 0.6 is 0 Å². The molecule has 1 heterocycles. The van der Waals surface area contributed by atoms with E-state index in [4.69, 9.17) is 0 Å². The Hall–Kier alpha value is -1.88. The van der Waals surface area contributed by atoms with E-state index in [1.165, 1.54) is 5.56 Å². The van der Waals surface area contributed by atoms with Crippen LogP contribution in [0.1, 0.15) is 30.5 Å². The number of benzene rings is 1. The summed E-state index contributed by atoms with van der Waals surface area (Å²) in [4.78, 5) is 23.5. The third-order valence-corrected chi connectivity index (χ3v) is 3.40. The van der Waals surface area contributed by atoms with Gasteiger partial charge in [-0.25, -0.2) is 0 Å². The van der Waals surface area contributed by atoms with Crippen molar-refractivity contribution in [2.45, 2.75) is 25.8 Å². The quantitative estimate of drug-likeness (QED) is 0.733. The van der Waals surface area contributed by atoms with Gasteiger partial charge in [0, 0.05) is 26.1 Å². The van der Waals surface area contributed by atoms with E-state index < -0.39 is 0 Å². The van der Waals surface area contributed by atoms with Crippen molar-refractivity contribution < 1.29 is 9.59 Å². The summed E-state index contributed by atoms with van der Waals surface area (Å²) in [5.74, 6) is -0.105. The molecular weight excluding hydrogens is 254 g/mol. The van der Waals surface area contributed by atoms with E-state index in [-0.39, 0.29) is 17.9 Å². The van der Waals surface area contributed by atoms with E-state index in [0.717, 1.165) is 18.5 Å². The minimum absolute atomic E-state index is 0.0372. The zero-order valence-electron chi connectivity index (χ0n) is 11.7. The molecule has 0 fully saturated rings. The number of carbonyl (C=O) groups is 2. The molecule has 1 unspecified atom stereocenters. The van der Waals surface area contributed by atoms with Crippen LogP contribution in [0.25, 0.3) is 0 Å². The molecule has 0 aromatic heterocycles. The highest BCUT2D eigenvalue weighted by Gasteiger charge is 2.25. The summed E-state index contributed by atoms with van der Waals surface area (Å²) in [6.07, 6.45) is 1.26. The van der Waals surface area contributed by atoms with Crippen LogP contribution in [0.2, 0.25) is 0 Å². The maximum atomic E-state index is 12.2. The standard InChI is InChI=1S/C15H21N3O2/c1-2-16-13(19)8-10-18-15(20)14-12-6-4-3-5-11(12)7-9-17-14/h3-6,14,17H,2,7-10H2,1H3,(H,16,19)(H,18,20). The zero-order valence-corrected chi connectivity index (χ0v) is 11.7. The van der Waals surface area contributed by atoms with E-state index >= 15 is 0 Å². The van der Waals surface area contributed by atoms with Crippen LogP contribution in [-0.4, -0.2) is 31.4 Å². The first-order chi connectivity index (χ1) is 9.72. The number of hydrogen-bond donors (Lipinski definition) is 3. The number of nitrogens with one attached hydrogen (secondary N) is 3. The van der Waals surface area contributed by atoms with Gasteiger partial charge >= 0.3 is 0 Å². The molecule has 1 atom stereocenters. The molecule has 2 rings (SSSR count). The summed E-state index contributed by atoms with van der Waals surface area (Å²) < 4.78 is 0. The van der Waals surface area contributed by atoms with E-state index in [1.54, 1.807) is 0 Å². The molecule has 0 saturated carbocycles. The Morgan fingerprint density at radius 2 is 2.10 bits per heavy atom. The van der Waals surface area contributed by atoms with E-state index in [1.807, 2.05) is 25.1 Å². The minimum atomic E-state index is -0.311. The van der Waals surface area contributed by atoms with E-state index in [2.05, 4.69) is 22.0 Å². The molecule has 1 aromatic carbocycles. The predicted octanol–water partition coefficient (Wildman–Crippen LogP) is 0.516. The van der Waals surface area contributed by atoms with Crippen LogP contribution < -0.4 is 16.0 Å². The second kappa shape index (κ2) is 7.05. The maximum absolute atomic E-state index is 12.2. The van der Waals surface area contributed by atoms with Gasteiger partial charge in [-0.05, 0) is 24.5 Å². The molecule has 0 spiro atoms. The average Bonchev–Trinajstić information content (AvgIpc) is 2.47. The summed E-state index contributed by atoms with van der Waals surface area (Å²) in [7, 11) is 0. The fourth-order valence-electron chi connectivity index (χ4n) is 2.43.